The molecule has 0 radical (unpaired) electrons. The average Bonchev–Trinajstić information content (AvgIpc) is 2.37. The average molecular weight is 268 g/mol. The van der Waals surface area contributed by atoms with Gasteiger partial charge in [0.2, 0.25) is 0 Å². The van der Waals surface area contributed by atoms with Gasteiger partial charge in [0, 0.05) is 24.7 Å². The van der Waals surface area contributed by atoms with Crippen molar-refractivity contribution in [2.24, 2.45) is 17.6 Å². The monoisotopic (exact) mass is 268 g/mol. The van der Waals surface area contributed by atoms with E-state index in [9.17, 15) is 13.6 Å². The number of halogens is 2. The molecule has 1 aliphatic rings. The number of nitrogens with two attached hydrogens (primary N) is 1. The van der Waals surface area contributed by atoms with Crippen molar-refractivity contribution >= 4 is 5.91 Å². The van der Waals surface area contributed by atoms with E-state index in [1.807, 2.05) is 0 Å². The fraction of sp³-hybridized carbons (Fsp3) is 0.500. The normalized spacial score (nSPS) is 23.5. The fourth-order valence-electron chi connectivity index (χ4n) is 2.50. The van der Waals surface area contributed by atoms with Crippen LogP contribution >= 0.6 is 0 Å². The van der Waals surface area contributed by atoms with Gasteiger partial charge in [0.05, 0.1) is 0 Å². The highest BCUT2D eigenvalue weighted by Gasteiger charge is 2.28. The van der Waals surface area contributed by atoms with Crippen LogP contribution in [0.5, 0.6) is 0 Å². The van der Waals surface area contributed by atoms with Crippen molar-refractivity contribution in [3.05, 3.63) is 35.4 Å². The van der Waals surface area contributed by atoms with E-state index in [0.717, 1.165) is 24.6 Å². The van der Waals surface area contributed by atoms with E-state index in [4.69, 9.17) is 5.73 Å². The number of benzene rings is 1. The largest absolute Gasteiger partial charge is 0.338 e. The Balaban J connectivity index is 2.15. The maximum absolute atomic E-state index is 13.1. The van der Waals surface area contributed by atoms with Crippen LogP contribution in [0.4, 0.5) is 8.78 Å². The third-order valence-corrected chi connectivity index (χ3v) is 3.81. The summed E-state index contributed by atoms with van der Waals surface area (Å²) in [6, 6.07) is 2.90. The van der Waals surface area contributed by atoms with E-state index >= 15 is 0 Å². The number of nitrogens with zero attached hydrogens (tertiary/aromatic N) is 1. The molecular formula is C14H18F2N2O. The lowest BCUT2D eigenvalue weighted by atomic mass is 9.87. The van der Waals surface area contributed by atoms with Crippen molar-refractivity contribution < 1.29 is 13.6 Å². The molecule has 1 aliphatic heterocycles. The van der Waals surface area contributed by atoms with Crippen LogP contribution in [0.25, 0.3) is 0 Å². The summed E-state index contributed by atoms with van der Waals surface area (Å²) < 4.78 is 26.3. The highest BCUT2D eigenvalue weighted by atomic mass is 19.1. The third-order valence-electron chi connectivity index (χ3n) is 3.81. The second-order valence-corrected chi connectivity index (χ2v) is 5.17. The molecule has 2 N–H and O–H groups in total. The van der Waals surface area contributed by atoms with Crippen LogP contribution in [-0.2, 0) is 0 Å². The maximum Gasteiger partial charge on any atom is 0.254 e. The predicted octanol–water partition coefficient (Wildman–Crippen LogP) is 2.02. The molecule has 1 fully saturated rings. The molecule has 0 aliphatic carbocycles. The van der Waals surface area contributed by atoms with Crippen molar-refractivity contribution in [3.8, 4) is 0 Å². The first-order chi connectivity index (χ1) is 9.01. The Hall–Kier alpha value is -1.49. The molecule has 2 rings (SSSR count). The summed E-state index contributed by atoms with van der Waals surface area (Å²) in [6.07, 6.45) is 0.866. The predicted molar refractivity (Wildman–Crippen MR) is 68.6 cm³/mol. The zero-order valence-electron chi connectivity index (χ0n) is 10.9. The maximum atomic E-state index is 13.1. The van der Waals surface area contributed by atoms with Gasteiger partial charge in [-0.1, -0.05) is 6.92 Å². The zero-order valence-corrected chi connectivity index (χ0v) is 10.9. The quantitative estimate of drug-likeness (QED) is 0.892. The van der Waals surface area contributed by atoms with Crippen molar-refractivity contribution in [1.82, 2.24) is 4.90 Å². The van der Waals surface area contributed by atoms with Crippen LogP contribution in [0.1, 0.15) is 23.7 Å². The van der Waals surface area contributed by atoms with Crippen LogP contribution in [-0.4, -0.2) is 30.4 Å². The summed E-state index contributed by atoms with van der Waals surface area (Å²) in [7, 11) is 0. The minimum absolute atomic E-state index is 0.0582. The molecule has 0 saturated carbocycles. The molecule has 0 aromatic heterocycles. The molecule has 19 heavy (non-hydrogen) atoms. The van der Waals surface area contributed by atoms with Gasteiger partial charge < -0.3 is 10.6 Å². The molecular weight excluding hydrogens is 250 g/mol. The van der Waals surface area contributed by atoms with Gasteiger partial charge in [-0.05, 0) is 36.9 Å². The minimum atomic E-state index is -0.732. The first-order valence-electron chi connectivity index (χ1n) is 6.46. The summed E-state index contributed by atoms with van der Waals surface area (Å²) in [6.45, 7) is 3.78. The SMILES string of the molecule is CC1CCN(C(=O)c2cc(F)cc(F)c2)CC1CN. The van der Waals surface area contributed by atoms with Crippen molar-refractivity contribution in [2.45, 2.75) is 13.3 Å². The van der Waals surface area contributed by atoms with Gasteiger partial charge in [-0.3, -0.25) is 4.79 Å². The highest BCUT2D eigenvalue weighted by Crippen LogP contribution is 2.23. The number of carbonyl (C=O) groups excluding carboxylic acids is 1. The summed E-state index contributed by atoms with van der Waals surface area (Å²) in [4.78, 5) is 13.9. The van der Waals surface area contributed by atoms with Crippen LogP contribution in [0.15, 0.2) is 18.2 Å². The lowest BCUT2D eigenvalue weighted by Crippen LogP contribution is -2.45. The molecule has 2 atom stereocenters. The Labute approximate surface area is 111 Å². The molecule has 3 nitrogen and oxygen atoms in total. The van der Waals surface area contributed by atoms with E-state index < -0.39 is 11.6 Å². The molecule has 1 amide bonds. The summed E-state index contributed by atoms with van der Waals surface area (Å²) >= 11 is 0. The van der Waals surface area contributed by atoms with Gasteiger partial charge in [-0.2, -0.15) is 0 Å². The molecule has 0 bridgehead atoms. The van der Waals surface area contributed by atoms with Gasteiger partial charge in [0.15, 0.2) is 0 Å². The topological polar surface area (TPSA) is 46.3 Å². The lowest BCUT2D eigenvalue weighted by Gasteiger charge is -2.36. The molecule has 1 aromatic carbocycles. The Morgan fingerprint density at radius 3 is 2.58 bits per heavy atom. The van der Waals surface area contributed by atoms with E-state index in [1.165, 1.54) is 0 Å². The molecule has 0 spiro atoms. The molecule has 2 unspecified atom stereocenters. The van der Waals surface area contributed by atoms with Gasteiger partial charge in [0.1, 0.15) is 11.6 Å². The van der Waals surface area contributed by atoms with Gasteiger partial charge >= 0.3 is 0 Å². The van der Waals surface area contributed by atoms with E-state index in [-0.39, 0.29) is 17.4 Å². The van der Waals surface area contributed by atoms with E-state index in [1.54, 1.807) is 4.90 Å². The van der Waals surface area contributed by atoms with Crippen LogP contribution in [0, 0.1) is 23.5 Å². The smallest absolute Gasteiger partial charge is 0.254 e. The Morgan fingerprint density at radius 2 is 2.00 bits per heavy atom. The number of rotatable bonds is 2. The van der Waals surface area contributed by atoms with E-state index in [0.29, 0.717) is 25.6 Å². The first kappa shape index (κ1) is 13.9. The Bertz CT molecular complexity index is 458. The number of piperidine rings is 1. The van der Waals surface area contributed by atoms with Crippen LogP contribution in [0.2, 0.25) is 0 Å². The summed E-state index contributed by atoms with van der Waals surface area (Å²) in [5.41, 5.74) is 5.74. The van der Waals surface area contributed by atoms with Gasteiger partial charge in [-0.25, -0.2) is 8.78 Å². The fourth-order valence-corrected chi connectivity index (χ4v) is 2.50. The van der Waals surface area contributed by atoms with Crippen molar-refractivity contribution in [3.63, 3.8) is 0 Å². The number of amides is 1. The molecule has 5 heteroatoms. The number of likely N-dealkylation sites (tertiary alicyclic amines) is 1. The number of hydrogen-bond donors (Lipinski definition) is 1. The Kier molecular flexibility index (Phi) is 4.14. The zero-order chi connectivity index (χ0) is 14.0. The molecule has 1 heterocycles. The minimum Gasteiger partial charge on any atom is -0.338 e. The standard InChI is InChI=1S/C14H18F2N2O/c1-9-2-3-18(8-11(9)7-17)14(19)10-4-12(15)6-13(16)5-10/h4-6,9,11H,2-3,7-8,17H2,1H3. The summed E-state index contributed by atoms with van der Waals surface area (Å²) in [5.74, 6) is -1.08. The van der Waals surface area contributed by atoms with E-state index in [2.05, 4.69) is 6.92 Å². The van der Waals surface area contributed by atoms with Gasteiger partial charge in [0.25, 0.3) is 5.91 Å². The van der Waals surface area contributed by atoms with Crippen LogP contribution in [0.3, 0.4) is 0 Å². The second kappa shape index (κ2) is 5.65. The molecule has 1 aromatic rings. The second-order valence-electron chi connectivity index (χ2n) is 5.17. The van der Waals surface area contributed by atoms with Crippen LogP contribution < -0.4 is 5.73 Å². The number of carbonyl (C=O) groups is 1. The molecule has 1 saturated heterocycles. The first-order valence-corrected chi connectivity index (χ1v) is 6.46. The summed E-state index contributed by atoms with van der Waals surface area (Å²) in [5, 5.41) is 0. The van der Waals surface area contributed by atoms with Gasteiger partial charge in [-0.15, -0.1) is 0 Å². The van der Waals surface area contributed by atoms with Crippen molar-refractivity contribution in [1.29, 1.82) is 0 Å². The lowest BCUT2D eigenvalue weighted by molar-refractivity contribution is 0.0617. The van der Waals surface area contributed by atoms with Crippen molar-refractivity contribution in [2.75, 3.05) is 19.6 Å². The Morgan fingerprint density at radius 1 is 1.37 bits per heavy atom. The highest BCUT2D eigenvalue weighted by molar-refractivity contribution is 5.94. The molecule has 104 valence electrons. The number of hydrogen-bond acceptors (Lipinski definition) is 2. The third kappa shape index (κ3) is 3.10.